The van der Waals surface area contributed by atoms with Gasteiger partial charge in [0.2, 0.25) is 0 Å². The molecule has 1 heterocycles. The second-order valence-corrected chi connectivity index (χ2v) is 7.83. The van der Waals surface area contributed by atoms with Crippen LogP contribution < -0.4 is 14.2 Å². The molecule has 1 atom stereocenters. The first-order chi connectivity index (χ1) is 14.6. The maximum Gasteiger partial charge on any atom is 0.161 e. The third kappa shape index (κ3) is 8.34. The molecule has 0 aromatic heterocycles. The molecule has 0 bridgehead atoms. The van der Waals surface area contributed by atoms with Crippen molar-refractivity contribution in [2.45, 2.75) is 20.0 Å². The van der Waals surface area contributed by atoms with Crippen LogP contribution in [0.4, 0.5) is 0 Å². The van der Waals surface area contributed by atoms with Gasteiger partial charge in [0.1, 0.15) is 25.1 Å². The number of hydrogen-bond acceptors (Lipinski definition) is 6. The van der Waals surface area contributed by atoms with E-state index in [0.717, 1.165) is 61.1 Å². The minimum atomic E-state index is -0.496. The highest BCUT2D eigenvalue weighted by atomic mass is 35.5. The van der Waals surface area contributed by atoms with Crippen LogP contribution in [0, 0.1) is 13.8 Å². The summed E-state index contributed by atoms with van der Waals surface area (Å²) in [6.45, 7) is 10.4. The predicted molar refractivity (Wildman–Crippen MR) is 133 cm³/mol. The molecule has 2 aromatic rings. The predicted octanol–water partition coefficient (Wildman–Crippen LogP) is 3.59. The number of para-hydroxylation sites is 3. The van der Waals surface area contributed by atoms with E-state index in [0.29, 0.717) is 19.8 Å². The van der Waals surface area contributed by atoms with Crippen molar-refractivity contribution in [3.63, 3.8) is 0 Å². The number of piperazine rings is 1. The lowest BCUT2D eigenvalue weighted by molar-refractivity contribution is 0.0433. The van der Waals surface area contributed by atoms with E-state index < -0.39 is 6.10 Å². The van der Waals surface area contributed by atoms with E-state index in [1.807, 2.05) is 56.3 Å². The van der Waals surface area contributed by atoms with E-state index >= 15 is 0 Å². The SMILES string of the molecule is COc1ccccc1OCCN1CCN(CC(O)COc2c(C)cccc2C)CC1.Cl.Cl. The number of methoxy groups -OCH3 is 1. The third-order valence-electron chi connectivity index (χ3n) is 5.50. The molecule has 1 aliphatic rings. The second kappa shape index (κ2) is 14.4. The van der Waals surface area contributed by atoms with E-state index in [4.69, 9.17) is 14.2 Å². The molecule has 32 heavy (non-hydrogen) atoms. The molecule has 1 aliphatic heterocycles. The molecule has 0 radical (unpaired) electrons. The molecule has 0 spiro atoms. The standard InChI is InChI=1S/C24H34N2O4.2ClH/c1-19-7-6-8-20(2)24(19)30-18-21(27)17-26-13-11-25(12-14-26)15-16-29-23-10-5-4-9-22(23)28-3;;/h4-10,21,27H,11-18H2,1-3H3;2*1H. The Kier molecular flexibility index (Phi) is 12.8. The fourth-order valence-electron chi connectivity index (χ4n) is 3.78. The van der Waals surface area contributed by atoms with Crippen LogP contribution in [0.2, 0.25) is 0 Å². The Morgan fingerprint density at radius 2 is 1.44 bits per heavy atom. The van der Waals surface area contributed by atoms with Gasteiger partial charge >= 0.3 is 0 Å². The van der Waals surface area contributed by atoms with Crippen molar-refractivity contribution in [1.29, 1.82) is 0 Å². The Bertz CT molecular complexity index is 781. The quantitative estimate of drug-likeness (QED) is 0.553. The molecule has 2 aromatic carbocycles. The topological polar surface area (TPSA) is 54.4 Å². The number of benzene rings is 2. The van der Waals surface area contributed by atoms with Crippen molar-refractivity contribution in [3.8, 4) is 17.2 Å². The minimum Gasteiger partial charge on any atom is -0.493 e. The van der Waals surface area contributed by atoms with Gasteiger partial charge in [0, 0.05) is 39.3 Å². The van der Waals surface area contributed by atoms with Gasteiger partial charge in [0.05, 0.1) is 7.11 Å². The molecular formula is C24H36Cl2N2O4. The van der Waals surface area contributed by atoms with Gasteiger partial charge in [-0.3, -0.25) is 9.80 Å². The summed E-state index contributed by atoms with van der Waals surface area (Å²) < 4.78 is 17.1. The molecule has 180 valence electrons. The first-order valence-electron chi connectivity index (χ1n) is 10.6. The number of nitrogens with zero attached hydrogens (tertiary/aromatic N) is 2. The Balaban J connectivity index is 0.00000256. The van der Waals surface area contributed by atoms with Gasteiger partial charge in [0.25, 0.3) is 0 Å². The van der Waals surface area contributed by atoms with Gasteiger partial charge in [-0.1, -0.05) is 30.3 Å². The van der Waals surface area contributed by atoms with E-state index in [1.165, 1.54) is 0 Å². The second-order valence-electron chi connectivity index (χ2n) is 7.83. The summed E-state index contributed by atoms with van der Waals surface area (Å²) in [6, 6.07) is 13.8. The van der Waals surface area contributed by atoms with Crippen molar-refractivity contribution in [2.24, 2.45) is 0 Å². The van der Waals surface area contributed by atoms with E-state index in [2.05, 4.69) is 9.80 Å². The highest BCUT2D eigenvalue weighted by molar-refractivity contribution is 5.85. The van der Waals surface area contributed by atoms with Gasteiger partial charge in [-0.05, 0) is 37.1 Å². The molecule has 1 N–H and O–H groups in total. The van der Waals surface area contributed by atoms with Gasteiger partial charge in [-0.25, -0.2) is 0 Å². The number of rotatable bonds is 10. The van der Waals surface area contributed by atoms with Crippen LogP contribution in [-0.4, -0.2) is 80.6 Å². The first kappa shape index (κ1) is 28.3. The first-order valence-corrected chi connectivity index (χ1v) is 10.6. The van der Waals surface area contributed by atoms with E-state index in [9.17, 15) is 5.11 Å². The molecule has 1 unspecified atom stereocenters. The summed E-state index contributed by atoms with van der Waals surface area (Å²) in [5, 5.41) is 10.4. The summed E-state index contributed by atoms with van der Waals surface area (Å²) in [5.41, 5.74) is 2.21. The number of aryl methyl sites for hydroxylation is 2. The minimum absolute atomic E-state index is 0. The Morgan fingerprint density at radius 1 is 0.844 bits per heavy atom. The van der Waals surface area contributed by atoms with E-state index in [1.54, 1.807) is 7.11 Å². The fourth-order valence-corrected chi connectivity index (χ4v) is 3.78. The lowest BCUT2D eigenvalue weighted by Gasteiger charge is -2.35. The van der Waals surface area contributed by atoms with Crippen molar-refractivity contribution < 1.29 is 19.3 Å². The van der Waals surface area contributed by atoms with Crippen molar-refractivity contribution in [1.82, 2.24) is 9.80 Å². The van der Waals surface area contributed by atoms with Gasteiger partial charge < -0.3 is 19.3 Å². The van der Waals surface area contributed by atoms with Crippen LogP contribution >= 0.6 is 24.8 Å². The number of aliphatic hydroxyl groups excluding tert-OH is 1. The van der Waals surface area contributed by atoms with Crippen LogP contribution in [0.15, 0.2) is 42.5 Å². The molecule has 8 heteroatoms. The molecule has 1 saturated heterocycles. The van der Waals surface area contributed by atoms with Gasteiger partial charge in [-0.15, -0.1) is 24.8 Å². The lowest BCUT2D eigenvalue weighted by Crippen LogP contribution is -2.50. The molecule has 0 amide bonds. The maximum absolute atomic E-state index is 10.4. The zero-order valence-corrected chi connectivity index (χ0v) is 20.8. The smallest absolute Gasteiger partial charge is 0.161 e. The summed E-state index contributed by atoms with van der Waals surface area (Å²) in [5.74, 6) is 2.43. The summed E-state index contributed by atoms with van der Waals surface area (Å²) in [7, 11) is 1.66. The highest BCUT2D eigenvalue weighted by Gasteiger charge is 2.20. The number of hydrogen-bond donors (Lipinski definition) is 1. The average molecular weight is 487 g/mol. The molecule has 0 saturated carbocycles. The molecular weight excluding hydrogens is 451 g/mol. The number of ether oxygens (including phenoxy) is 3. The normalized spacial score (nSPS) is 15.2. The summed E-state index contributed by atoms with van der Waals surface area (Å²) in [4.78, 5) is 4.70. The summed E-state index contributed by atoms with van der Waals surface area (Å²) in [6.07, 6.45) is -0.496. The maximum atomic E-state index is 10.4. The van der Waals surface area contributed by atoms with Gasteiger partial charge in [0.15, 0.2) is 11.5 Å². The number of β-amino-alcohol motifs (C(OH)–C–C–N with tert-alkyl or cyclic N) is 1. The molecule has 0 aliphatic carbocycles. The number of aliphatic hydroxyl groups is 1. The zero-order valence-electron chi connectivity index (χ0n) is 19.2. The Labute approximate surface area is 204 Å². The van der Waals surface area contributed by atoms with E-state index in [-0.39, 0.29) is 24.8 Å². The van der Waals surface area contributed by atoms with Crippen molar-refractivity contribution >= 4 is 24.8 Å². The van der Waals surface area contributed by atoms with Crippen LogP contribution in [0.25, 0.3) is 0 Å². The van der Waals surface area contributed by atoms with Crippen LogP contribution in [-0.2, 0) is 0 Å². The van der Waals surface area contributed by atoms with Crippen molar-refractivity contribution in [3.05, 3.63) is 53.6 Å². The molecule has 3 rings (SSSR count). The average Bonchev–Trinajstić information content (AvgIpc) is 2.75. The van der Waals surface area contributed by atoms with Crippen LogP contribution in [0.1, 0.15) is 11.1 Å². The van der Waals surface area contributed by atoms with Gasteiger partial charge in [-0.2, -0.15) is 0 Å². The molecule has 6 nitrogen and oxygen atoms in total. The third-order valence-corrected chi connectivity index (χ3v) is 5.50. The monoisotopic (exact) mass is 486 g/mol. The largest absolute Gasteiger partial charge is 0.493 e. The Hall–Kier alpha value is -1.70. The molecule has 1 fully saturated rings. The summed E-state index contributed by atoms with van der Waals surface area (Å²) >= 11 is 0. The Morgan fingerprint density at radius 3 is 2.06 bits per heavy atom. The van der Waals surface area contributed by atoms with Crippen LogP contribution in [0.5, 0.6) is 17.2 Å². The highest BCUT2D eigenvalue weighted by Crippen LogP contribution is 2.25. The zero-order chi connectivity index (χ0) is 21.3. The number of halogens is 2. The van der Waals surface area contributed by atoms with Crippen molar-refractivity contribution in [2.75, 3.05) is 59.6 Å². The lowest BCUT2D eigenvalue weighted by atomic mass is 10.1. The van der Waals surface area contributed by atoms with Crippen LogP contribution in [0.3, 0.4) is 0 Å². The fraction of sp³-hybridized carbons (Fsp3) is 0.500.